The molecule has 0 aliphatic rings. The number of hydrogen-bond donors (Lipinski definition) is 3. The van der Waals surface area contributed by atoms with E-state index < -0.39 is 12.1 Å². The van der Waals surface area contributed by atoms with Crippen LogP contribution in [-0.2, 0) is 4.79 Å². The standard InChI is InChI=1S/C30H57NO3/c1-3-5-7-9-11-13-15-16-18-20-22-24-26-30(34)31-28(27-32)29(33)25-23-21-19-17-14-12-10-8-6-4-2/h14,17,23,25,28-29,32-33H,3-13,15-16,18-22,24,26-27H2,1-2H3,(H,31,34)/b17-14+,25-23+. The zero-order valence-corrected chi connectivity index (χ0v) is 22.6. The van der Waals surface area contributed by atoms with Gasteiger partial charge >= 0.3 is 0 Å². The smallest absolute Gasteiger partial charge is 0.220 e. The number of rotatable bonds is 25. The van der Waals surface area contributed by atoms with Crippen LogP contribution >= 0.6 is 0 Å². The second-order valence-corrected chi connectivity index (χ2v) is 9.81. The van der Waals surface area contributed by atoms with Crippen LogP contribution in [-0.4, -0.2) is 34.9 Å². The largest absolute Gasteiger partial charge is 0.394 e. The summed E-state index contributed by atoms with van der Waals surface area (Å²) in [6.45, 7) is 4.23. The molecule has 0 aromatic carbocycles. The summed E-state index contributed by atoms with van der Waals surface area (Å²) in [5, 5.41) is 22.6. The van der Waals surface area contributed by atoms with E-state index in [1.54, 1.807) is 6.08 Å². The van der Waals surface area contributed by atoms with Gasteiger partial charge in [-0.25, -0.2) is 0 Å². The molecule has 0 fully saturated rings. The molecule has 200 valence electrons. The average molecular weight is 480 g/mol. The monoisotopic (exact) mass is 479 g/mol. The molecule has 0 saturated carbocycles. The molecule has 0 aliphatic carbocycles. The van der Waals surface area contributed by atoms with Gasteiger partial charge in [-0.15, -0.1) is 0 Å². The molecule has 4 nitrogen and oxygen atoms in total. The molecule has 4 heteroatoms. The molecule has 0 aliphatic heterocycles. The van der Waals surface area contributed by atoms with Crippen molar-refractivity contribution in [1.82, 2.24) is 5.32 Å². The van der Waals surface area contributed by atoms with Crippen molar-refractivity contribution in [2.24, 2.45) is 0 Å². The molecule has 0 radical (unpaired) electrons. The molecule has 1 amide bonds. The normalized spacial score (nSPS) is 13.6. The van der Waals surface area contributed by atoms with Gasteiger partial charge in [-0.05, 0) is 32.1 Å². The van der Waals surface area contributed by atoms with Gasteiger partial charge in [0.25, 0.3) is 0 Å². The first-order valence-corrected chi connectivity index (χ1v) is 14.6. The minimum Gasteiger partial charge on any atom is -0.394 e. The van der Waals surface area contributed by atoms with Crippen molar-refractivity contribution in [2.45, 2.75) is 154 Å². The van der Waals surface area contributed by atoms with Crippen LogP contribution in [0, 0.1) is 0 Å². The zero-order chi connectivity index (χ0) is 25.1. The Bertz CT molecular complexity index is 489. The summed E-state index contributed by atoms with van der Waals surface area (Å²) >= 11 is 0. The van der Waals surface area contributed by atoms with E-state index in [1.807, 2.05) is 6.08 Å². The highest BCUT2D eigenvalue weighted by Crippen LogP contribution is 2.12. The minimum absolute atomic E-state index is 0.0791. The molecule has 0 rings (SSSR count). The quantitative estimate of drug-likeness (QED) is 0.0924. The maximum Gasteiger partial charge on any atom is 0.220 e. The molecular weight excluding hydrogens is 422 g/mol. The Morgan fingerprint density at radius 3 is 1.71 bits per heavy atom. The van der Waals surface area contributed by atoms with E-state index in [0.717, 1.165) is 32.1 Å². The van der Waals surface area contributed by atoms with Gasteiger partial charge in [0.2, 0.25) is 5.91 Å². The van der Waals surface area contributed by atoms with Crippen LogP contribution in [0.1, 0.15) is 142 Å². The first-order chi connectivity index (χ1) is 16.7. The molecular formula is C30H57NO3. The molecule has 0 heterocycles. The lowest BCUT2D eigenvalue weighted by atomic mass is 10.0. The second kappa shape index (κ2) is 26.5. The van der Waals surface area contributed by atoms with Gasteiger partial charge in [0, 0.05) is 6.42 Å². The van der Waals surface area contributed by atoms with E-state index in [2.05, 4.69) is 31.3 Å². The van der Waals surface area contributed by atoms with Crippen molar-refractivity contribution in [3.05, 3.63) is 24.3 Å². The Kier molecular flexibility index (Phi) is 25.6. The molecule has 3 N–H and O–H groups in total. The third-order valence-electron chi connectivity index (χ3n) is 6.44. The summed E-state index contributed by atoms with van der Waals surface area (Å²) in [5.41, 5.74) is 0. The topological polar surface area (TPSA) is 69.6 Å². The van der Waals surface area contributed by atoms with Gasteiger partial charge in [0.15, 0.2) is 0 Å². The SMILES string of the molecule is CCCCCC/C=C/CC/C=C/C(O)C(CO)NC(=O)CCCCCCCCCCCCCC. The number of allylic oxidation sites excluding steroid dienone is 3. The van der Waals surface area contributed by atoms with Crippen molar-refractivity contribution in [3.63, 3.8) is 0 Å². The molecule has 0 spiro atoms. The second-order valence-electron chi connectivity index (χ2n) is 9.81. The van der Waals surface area contributed by atoms with Crippen LogP contribution in [0.15, 0.2) is 24.3 Å². The van der Waals surface area contributed by atoms with Gasteiger partial charge in [0.05, 0.1) is 18.8 Å². The van der Waals surface area contributed by atoms with Crippen LogP contribution in [0.3, 0.4) is 0 Å². The van der Waals surface area contributed by atoms with Crippen molar-refractivity contribution in [1.29, 1.82) is 0 Å². The van der Waals surface area contributed by atoms with Gasteiger partial charge in [-0.3, -0.25) is 4.79 Å². The van der Waals surface area contributed by atoms with Crippen molar-refractivity contribution in [2.75, 3.05) is 6.61 Å². The van der Waals surface area contributed by atoms with E-state index in [9.17, 15) is 15.0 Å². The third kappa shape index (κ3) is 22.7. The van der Waals surface area contributed by atoms with Gasteiger partial charge in [-0.1, -0.05) is 128 Å². The number of amides is 1. The van der Waals surface area contributed by atoms with Crippen LogP contribution < -0.4 is 5.32 Å². The molecule has 34 heavy (non-hydrogen) atoms. The number of unbranched alkanes of at least 4 members (excludes halogenated alkanes) is 16. The van der Waals surface area contributed by atoms with E-state index in [-0.39, 0.29) is 12.5 Å². The Morgan fingerprint density at radius 2 is 1.15 bits per heavy atom. The predicted octanol–water partition coefficient (Wildman–Crippen LogP) is 7.78. The molecule has 0 bridgehead atoms. The highest BCUT2D eigenvalue weighted by molar-refractivity contribution is 5.76. The molecule has 2 unspecified atom stereocenters. The highest BCUT2D eigenvalue weighted by Gasteiger charge is 2.17. The number of carbonyl (C=O) groups is 1. The first kappa shape index (κ1) is 32.9. The van der Waals surface area contributed by atoms with E-state index in [0.29, 0.717) is 6.42 Å². The van der Waals surface area contributed by atoms with E-state index >= 15 is 0 Å². The minimum atomic E-state index is -0.853. The Morgan fingerprint density at radius 1 is 0.676 bits per heavy atom. The lowest BCUT2D eigenvalue weighted by molar-refractivity contribution is -0.123. The lowest BCUT2D eigenvalue weighted by Crippen LogP contribution is -2.45. The lowest BCUT2D eigenvalue weighted by Gasteiger charge is -2.19. The molecule has 2 atom stereocenters. The van der Waals surface area contributed by atoms with Crippen LogP contribution in [0.5, 0.6) is 0 Å². The summed E-state index contributed by atoms with van der Waals surface area (Å²) in [6.07, 6.45) is 31.0. The number of nitrogens with one attached hydrogen (secondary N) is 1. The van der Waals surface area contributed by atoms with Crippen LogP contribution in [0.25, 0.3) is 0 Å². The number of hydrogen-bond acceptors (Lipinski definition) is 3. The fraction of sp³-hybridized carbons (Fsp3) is 0.833. The fourth-order valence-electron chi connectivity index (χ4n) is 4.13. The van der Waals surface area contributed by atoms with Crippen molar-refractivity contribution in [3.8, 4) is 0 Å². The molecule has 0 aromatic heterocycles. The Hall–Kier alpha value is -1.13. The van der Waals surface area contributed by atoms with Crippen LogP contribution in [0.4, 0.5) is 0 Å². The summed E-state index contributed by atoms with van der Waals surface area (Å²) in [6, 6.07) is -0.629. The summed E-state index contributed by atoms with van der Waals surface area (Å²) in [7, 11) is 0. The Labute approximate surface area is 211 Å². The van der Waals surface area contributed by atoms with Gasteiger partial charge < -0.3 is 15.5 Å². The predicted molar refractivity (Wildman–Crippen MR) is 147 cm³/mol. The third-order valence-corrected chi connectivity index (χ3v) is 6.44. The number of aliphatic hydroxyl groups excluding tert-OH is 2. The fourth-order valence-corrected chi connectivity index (χ4v) is 4.13. The van der Waals surface area contributed by atoms with Gasteiger partial charge in [0.1, 0.15) is 0 Å². The summed E-state index contributed by atoms with van der Waals surface area (Å²) in [5.74, 6) is -0.0791. The van der Waals surface area contributed by atoms with Gasteiger partial charge in [-0.2, -0.15) is 0 Å². The maximum absolute atomic E-state index is 12.2. The average Bonchev–Trinajstić information content (AvgIpc) is 2.84. The summed E-state index contributed by atoms with van der Waals surface area (Å²) < 4.78 is 0. The highest BCUT2D eigenvalue weighted by atomic mass is 16.3. The summed E-state index contributed by atoms with van der Waals surface area (Å²) in [4.78, 5) is 12.2. The number of carbonyl (C=O) groups excluding carboxylic acids is 1. The molecule has 0 saturated heterocycles. The molecule has 0 aromatic rings. The Balaban J connectivity index is 3.74. The van der Waals surface area contributed by atoms with Crippen LogP contribution in [0.2, 0.25) is 0 Å². The van der Waals surface area contributed by atoms with Crippen molar-refractivity contribution < 1.29 is 15.0 Å². The van der Waals surface area contributed by atoms with E-state index in [1.165, 1.54) is 89.9 Å². The zero-order valence-electron chi connectivity index (χ0n) is 22.6. The van der Waals surface area contributed by atoms with Crippen molar-refractivity contribution >= 4 is 5.91 Å². The first-order valence-electron chi connectivity index (χ1n) is 14.6. The van der Waals surface area contributed by atoms with E-state index in [4.69, 9.17) is 0 Å². The number of aliphatic hydroxyl groups is 2. The maximum atomic E-state index is 12.2.